The normalized spacial score (nSPS) is 11.3. The fourth-order valence-corrected chi connectivity index (χ4v) is 2.72. The van der Waals surface area contributed by atoms with Crippen molar-refractivity contribution in [2.75, 3.05) is 6.61 Å². The summed E-state index contributed by atoms with van der Waals surface area (Å²) in [6.45, 7) is 4.38. The molecule has 2 aromatic rings. The van der Waals surface area contributed by atoms with E-state index in [1.165, 1.54) is 0 Å². The minimum Gasteiger partial charge on any atom is -0.493 e. The van der Waals surface area contributed by atoms with Gasteiger partial charge in [0.25, 0.3) is 0 Å². The number of rotatable bonds is 8. The van der Waals surface area contributed by atoms with Crippen molar-refractivity contribution in [1.82, 2.24) is 5.43 Å². The van der Waals surface area contributed by atoms with Crippen LogP contribution in [0, 0.1) is 6.92 Å². The number of ether oxygens (including phenoxy) is 1. The summed E-state index contributed by atoms with van der Waals surface area (Å²) in [4.78, 5) is 12.0. The number of nitrogens with one attached hydrogen (secondary N) is 1. The van der Waals surface area contributed by atoms with E-state index in [1.54, 1.807) is 18.2 Å². The first-order valence-corrected chi connectivity index (χ1v) is 9.25. The van der Waals surface area contributed by atoms with Crippen molar-refractivity contribution in [2.24, 2.45) is 5.10 Å². The molecule has 1 amide bonds. The van der Waals surface area contributed by atoms with Gasteiger partial charge in [0, 0.05) is 16.5 Å². The number of amides is 1. The zero-order chi connectivity index (χ0) is 18.9. The van der Waals surface area contributed by atoms with Gasteiger partial charge < -0.3 is 4.74 Å². The number of aryl methyl sites for hydroxylation is 1. The summed E-state index contributed by atoms with van der Waals surface area (Å²) in [5.74, 6) is 0.644. The second kappa shape index (κ2) is 10.2. The van der Waals surface area contributed by atoms with Crippen molar-refractivity contribution in [3.8, 4) is 5.75 Å². The molecule has 0 bridgehead atoms. The molecule has 138 valence electrons. The average molecular weight is 393 g/mol. The third-order valence-corrected chi connectivity index (χ3v) is 4.26. The highest BCUT2D eigenvalue weighted by Crippen LogP contribution is 2.21. The second-order valence-corrected chi connectivity index (χ2v) is 6.69. The number of halogens is 2. The van der Waals surface area contributed by atoms with Gasteiger partial charge in [-0.2, -0.15) is 5.10 Å². The maximum Gasteiger partial charge on any atom is 0.240 e. The van der Waals surface area contributed by atoms with E-state index in [9.17, 15) is 4.79 Å². The molecular weight excluding hydrogens is 371 g/mol. The van der Waals surface area contributed by atoms with Gasteiger partial charge in [0.15, 0.2) is 0 Å². The standard InChI is InChI=1S/C20H22Cl2N2O2/c1-3-18(15-6-8-16(21)9-7-15)23-24-20(25)5-4-12-26-19-11-10-17(22)13-14(19)2/h6-11,13H,3-5,12H2,1-2H3,(H,24,25). The summed E-state index contributed by atoms with van der Waals surface area (Å²) in [5.41, 5.74) is 5.33. The number of hydrogen-bond donors (Lipinski definition) is 1. The first-order chi connectivity index (χ1) is 12.5. The lowest BCUT2D eigenvalue weighted by atomic mass is 10.1. The Hall–Kier alpha value is -2.04. The van der Waals surface area contributed by atoms with Crippen LogP contribution in [-0.2, 0) is 4.79 Å². The maximum absolute atomic E-state index is 12.0. The van der Waals surface area contributed by atoms with Crippen molar-refractivity contribution in [3.05, 3.63) is 63.6 Å². The Morgan fingerprint density at radius 1 is 1.12 bits per heavy atom. The van der Waals surface area contributed by atoms with Crippen molar-refractivity contribution in [2.45, 2.75) is 33.1 Å². The van der Waals surface area contributed by atoms with E-state index in [0.717, 1.165) is 22.6 Å². The predicted octanol–water partition coefficient (Wildman–Crippen LogP) is 5.39. The first-order valence-electron chi connectivity index (χ1n) is 8.50. The summed E-state index contributed by atoms with van der Waals surface area (Å²) in [6, 6.07) is 12.9. The number of nitrogens with zero attached hydrogens (tertiary/aromatic N) is 1. The van der Waals surface area contributed by atoms with Crippen LogP contribution in [0.3, 0.4) is 0 Å². The summed E-state index contributed by atoms with van der Waals surface area (Å²) >= 11 is 11.8. The number of benzene rings is 2. The lowest BCUT2D eigenvalue weighted by molar-refractivity contribution is -0.121. The number of carbonyl (C=O) groups excluding carboxylic acids is 1. The molecule has 0 unspecified atom stereocenters. The van der Waals surface area contributed by atoms with Crippen LogP contribution in [0.15, 0.2) is 47.6 Å². The highest BCUT2D eigenvalue weighted by Gasteiger charge is 2.05. The predicted molar refractivity (Wildman–Crippen MR) is 107 cm³/mol. The topological polar surface area (TPSA) is 50.7 Å². The van der Waals surface area contributed by atoms with Gasteiger partial charge in [-0.25, -0.2) is 5.43 Å². The Kier molecular flexibility index (Phi) is 7.95. The van der Waals surface area contributed by atoms with Crippen molar-refractivity contribution in [1.29, 1.82) is 0 Å². The Balaban J connectivity index is 1.78. The zero-order valence-electron chi connectivity index (χ0n) is 14.9. The molecule has 0 aliphatic rings. The van der Waals surface area contributed by atoms with Gasteiger partial charge in [0.2, 0.25) is 5.91 Å². The largest absolute Gasteiger partial charge is 0.493 e. The molecule has 0 spiro atoms. The zero-order valence-corrected chi connectivity index (χ0v) is 16.4. The molecule has 0 aliphatic heterocycles. The van der Waals surface area contributed by atoms with E-state index in [0.29, 0.717) is 35.9 Å². The average Bonchev–Trinajstić information content (AvgIpc) is 2.62. The Labute approximate surface area is 164 Å². The highest BCUT2D eigenvalue weighted by atomic mass is 35.5. The third kappa shape index (κ3) is 6.36. The molecule has 0 aliphatic carbocycles. The van der Waals surface area contributed by atoms with Crippen LogP contribution in [-0.4, -0.2) is 18.2 Å². The second-order valence-electron chi connectivity index (χ2n) is 5.82. The maximum atomic E-state index is 12.0. The fraction of sp³-hybridized carbons (Fsp3) is 0.300. The van der Waals surface area contributed by atoms with E-state index in [-0.39, 0.29) is 5.91 Å². The molecule has 6 heteroatoms. The molecule has 2 aromatic carbocycles. The summed E-state index contributed by atoms with van der Waals surface area (Å²) < 4.78 is 5.68. The van der Waals surface area contributed by atoms with Gasteiger partial charge in [-0.1, -0.05) is 42.3 Å². The Morgan fingerprint density at radius 2 is 1.81 bits per heavy atom. The van der Waals surface area contributed by atoms with Crippen LogP contribution < -0.4 is 10.2 Å². The summed E-state index contributed by atoms with van der Waals surface area (Å²) in [5, 5.41) is 5.57. The molecule has 0 saturated carbocycles. The van der Waals surface area contributed by atoms with Gasteiger partial charge in [-0.3, -0.25) is 4.79 Å². The third-order valence-electron chi connectivity index (χ3n) is 3.77. The molecule has 0 atom stereocenters. The quantitative estimate of drug-likeness (QED) is 0.371. The van der Waals surface area contributed by atoms with E-state index in [4.69, 9.17) is 27.9 Å². The molecule has 0 radical (unpaired) electrons. The SMILES string of the molecule is CCC(=NNC(=O)CCCOc1ccc(Cl)cc1C)c1ccc(Cl)cc1. The van der Waals surface area contributed by atoms with E-state index >= 15 is 0 Å². The number of hydrogen-bond acceptors (Lipinski definition) is 3. The van der Waals surface area contributed by atoms with Crippen molar-refractivity contribution < 1.29 is 9.53 Å². The first kappa shape index (κ1) is 20.3. The van der Waals surface area contributed by atoms with E-state index in [1.807, 2.05) is 38.1 Å². The monoisotopic (exact) mass is 392 g/mol. The molecule has 0 saturated heterocycles. The van der Waals surface area contributed by atoms with Crippen molar-refractivity contribution in [3.63, 3.8) is 0 Å². The van der Waals surface area contributed by atoms with Crippen molar-refractivity contribution >= 4 is 34.8 Å². The summed E-state index contributed by atoms with van der Waals surface area (Å²) in [6.07, 6.45) is 1.65. The molecule has 0 heterocycles. The smallest absolute Gasteiger partial charge is 0.240 e. The van der Waals surface area contributed by atoms with Crippen LogP contribution in [0.25, 0.3) is 0 Å². The van der Waals surface area contributed by atoms with Gasteiger partial charge in [-0.15, -0.1) is 0 Å². The molecular formula is C20H22Cl2N2O2. The van der Waals surface area contributed by atoms with Gasteiger partial charge in [0.05, 0.1) is 12.3 Å². The molecule has 2 rings (SSSR count). The van der Waals surface area contributed by atoms with Crippen LogP contribution in [0.5, 0.6) is 5.75 Å². The van der Waals surface area contributed by atoms with Gasteiger partial charge >= 0.3 is 0 Å². The van der Waals surface area contributed by atoms with Crippen LogP contribution in [0.4, 0.5) is 0 Å². The lowest BCUT2D eigenvalue weighted by Crippen LogP contribution is -2.20. The van der Waals surface area contributed by atoms with Crippen LogP contribution in [0.1, 0.15) is 37.3 Å². The highest BCUT2D eigenvalue weighted by molar-refractivity contribution is 6.31. The number of carbonyl (C=O) groups is 1. The summed E-state index contributed by atoms with van der Waals surface area (Å²) in [7, 11) is 0. The minimum absolute atomic E-state index is 0.138. The molecule has 0 aromatic heterocycles. The Morgan fingerprint density at radius 3 is 2.46 bits per heavy atom. The molecule has 0 fully saturated rings. The molecule has 1 N–H and O–H groups in total. The van der Waals surface area contributed by atoms with E-state index < -0.39 is 0 Å². The molecule has 26 heavy (non-hydrogen) atoms. The Bertz CT molecular complexity index is 774. The van der Waals surface area contributed by atoms with Crippen LogP contribution in [0.2, 0.25) is 10.0 Å². The fourth-order valence-electron chi connectivity index (χ4n) is 2.37. The van der Waals surface area contributed by atoms with Gasteiger partial charge in [0.1, 0.15) is 5.75 Å². The lowest BCUT2D eigenvalue weighted by Gasteiger charge is -2.09. The van der Waals surface area contributed by atoms with E-state index in [2.05, 4.69) is 10.5 Å². The number of hydrazone groups is 1. The van der Waals surface area contributed by atoms with Crippen LogP contribution >= 0.6 is 23.2 Å². The van der Waals surface area contributed by atoms with Gasteiger partial charge in [-0.05, 0) is 61.2 Å². The molecule has 4 nitrogen and oxygen atoms in total. The minimum atomic E-state index is -0.138.